The van der Waals surface area contributed by atoms with Crippen LogP contribution in [-0.2, 0) is 6.42 Å². The summed E-state index contributed by atoms with van der Waals surface area (Å²) < 4.78 is 5.17. The summed E-state index contributed by atoms with van der Waals surface area (Å²) in [5.74, 6) is 0.640. The lowest BCUT2D eigenvalue weighted by molar-refractivity contribution is 0.0953. The number of hydrogen-bond acceptors (Lipinski definition) is 3. The van der Waals surface area contributed by atoms with Crippen LogP contribution in [-0.4, -0.2) is 19.6 Å². The standard InChI is InChI=1S/C27H26N2O2/c1-31-26-15-13-23(14-16-26)25(20-28)19-22-11-7-12-24(18-22)27(30)29-17-6-5-10-21-8-3-2-4-9-21/h2-4,7-9,11-16,18-19H,5-6,10,17H2,1H3,(H,29,30). The van der Waals surface area contributed by atoms with E-state index in [4.69, 9.17) is 4.74 Å². The predicted octanol–water partition coefficient (Wildman–Crippen LogP) is 5.51. The first kappa shape index (κ1) is 21.9. The molecular formula is C27H26N2O2. The Bertz CT molecular complexity index is 1060. The van der Waals surface area contributed by atoms with Crippen LogP contribution in [0.1, 0.15) is 39.9 Å². The van der Waals surface area contributed by atoms with Gasteiger partial charge < -0.3 is 10.1 Å². The van der Waals surface area contributed by atoms with Gasteiger partial charge in [0.25, 0.3) is 5.91 Å². The molecule has 31 heavy (non-hydrogen) atoms. The number of ether oxygens (including phenoxy) is 1. The molecule has 0 bridgehead atoms. The van der Waals surface area contributed by atoms with E-state index in [0.717, 1.165) is 36.1 Å². The second kappa shape index (κ2) is 11.4. The third kappa shape index (κ3) is 6.58. The Balaban J connectivity index is 1.57. The van der Waals surface area contributed by atoms with Gasteiger partial charge in [-0.15, -0.1) is 0 Å². The quantitative estimate of drug-likeness (QED) is 0.287. The number of carbonyl (C=O) groups excluding carboxylic acids is 1. The van der Waals surface area contributed by atoms with Crippen molar-refractivity contribution >= 4 is 17.6 Å². The lowest BCUT2D eigenvalue weighted by Gasteiger charge is -2.07. The third-order valence-electron chi connectivity index (χ3n) is 5.00. The van der Waals surface area contributed by atoms with Crippen molar-refractivity contribution in [2.75, 3.05) is 13.7 Å². The summed E-state index contributed by atoms with van der Waals surface area (Å²) >= 11 is 0. The smallest absolute Gasteiger partial charge is 0.251 e. The molecule has 0 aliphatic rings. The van der Waals surface area contributed by atoms with Crippen LogP contribution in [0.2, 0.25) is 0 Å². The number of benzene rings is 3. The molecule has 0 spiro atoms. The minimum absolute atomic E-state index is 0.0992. The average Bonchev–Trinajstić information content (AvgIpc) is 2.83. The van der Waals surface area contributed by atoms with Gasteiger partial charge in [0, 0.05) is 12.1 Å². The number of amides is 1. The number of allylic oxidation sites excluding steroid dienone is 1. The second-order valence-corrected chi connectivity index (χ2v) is 7.22. The lowest BCUT2D eigenvalue weighted by Crippen LogP contribution is -2.24. The highest BCUT2D eigenvalue weighted by atomic mass is 16.5. The molecule has 3 aromatic rings. The van der Waals surface area contributed by atoms with E-state index in [1.165, 1.54) is 5.56 Å². The zero-order valence-corrected chi connectivity index (χ0v) is 17.7. The van der Waals surface area contributed by atoms with Crippen molar-refractivity contribution in [1.82, 2.24) is 5.32 Å². The first-order valence-corrected chi connectivity index (χ1v) is 10.4. The van der Waals surface area contributed by atoms with Gasteiger partial charge in [0.2, 0.25) is 0 Å². The van der Waals surface area contributed by atoms with Crippen molar-refractivity contribution in [3.8, 4) is 11.8 Å². The summed E-state index contributed by atoms with van der Waals surface area (Å²) in [5, 5.41) is 12.6. The van der Waals surface area contributed by atoms with Crippen molar-refractivity contribution in [2.24, 2.45) is 0 Å². The van der Waals surface area contributed by atoms with Crippen molar-refractivity contribution in [3.05, 3.63) is 101 Å². The highest BCUT2D eigenvalue weighted by Crippen LogP contribution is 2.21. The van der Waals surface area contributed by atoms with Crippen molar-refractivity contribution < 1.29 is 9.53 Å². The van der Waals surface area contributed by atoms with E-state index in [0.29, 0.717) is 17.7 Å². The molecule has 4 nitrogen and oxygen atoms in total. The zero-order valence-electron chi connectivity index (χ0n) is 17.7. The Kier molecular flexibility index (Phi) is 8.02. The lowest BCUT2D eigenvalue weighted by atomic mass is 10.0. The number of carbonyl (C=O) groups is 1. The Hall–Kier alpha value is -3.84. The van der Waals surface area contributed by atoms with Gasteiger partial charge in [0.05, 0.1) is 18.8 Å². The van der Waals surface area contributed by atoms with Crippen LogP contribution in [0, 0.1) is 11.3 Å². The summed E-state index contributed by atoms with van der Waals surface area (Å²) in [7, 11) is 1.61. The van der Waals surface area contributed by atoms with E-state index in [9.17, 15) is 10.1 Å². The summed E-state index contributed by atoms with van der Waals surface area (Å²) in [6.45, 7) is 0.640. The average molecular weight is 411 g/mol. The minimum atomic E-state index is -0.0992. The van der Waals surface area contributed by atoms with Gasteiger partial charge in [-0.05, 0) is 78.4 Å². The monoisotopic (exact) mass is 410 g/mol. The maximum Gasteiger partial charge on any atom is 0.251 e. The predicted molar refractivity (Wildman–Crippen MR) is 125 cm³/mol. The molecule has 0 heterocycles. The number of hydrogen-bond donors (Lipinski definition) is 1. The highest BCUT2D eigenvalue weighted by Gasteiger charge is 2.07. The molecule has 0 unspecified atom stereocenters. The summed E-state index contributed by atoms with van der Waals surface area (Å²) in [6.07, 6.45) is 4.76. The molecule has 3 rings (SSSR count). The highest BCUT2D eigenvalue weighted by molar-refractivity contribution is 5.96. The van der Waals surface area contributed by atoms with Gasteiger partial charge in [-0.2, -0.15) is 5.26 Å². The first-order valence-electron chi connectivity index (χ1n) is 10.4. The van der Waals surface area contributed by atoms with Crippen LogP contribution in [0.5, 0.6) is 5.75 Å². The maximum absolute atomic E-state index is 12.5. The van der Waals surface area contributed by atoms with Gasteiger partial charge >= 0.3 is 0 Å². The Labute approximate surface area is 183 Å². The van der Waals surface area contributed by atoms with E-state index in [-0.39, 0.29) is 5.91 Å². The molecule has 0 aromatic heterocycles. The number of rotatable bonds is 9. The molecule has 0 saturated carbocycles. The van der Waals surface area contributed by atoms with E-state index in [1.807, 2.05) is 54.6 Å². The summed E-state index contributed by atoms with van der Waals surface area (Å²) in [6, 6.07) is 27.2. The molecule has 3 aromatic carbocycles. The van der Waals surface area contributed by atoms with Crippen LogP contribution in [0.4, 0.5) is 0 Å². The van der Waals surface area contributed by atoms with E-state index >= 15 is 0 Å². The van der Waals surface area contributed by atoms with Crippen molar-refractivity contribution in [1.29, 1.82) is 5.26 Å². The molecule has 0 saturated heterocycles. The number of nitriles is 1. The van der Waals surface area contributed by atoms with E-state index in [2.05, 4.69) is 23.5 Å². The third-order valence-corrected chi connectivity index (χ3v) is 5.00. The molecule has 0 aliphatic carbocycles. The zero-order chi connectivity index (χ0) is 21.9. The topological polar surface area (TPSA) is 62.1 Å². The van der Waals surface area contributed by atoms with E-state index in [1.54, 1.807) is 25.3 Å². The Morgan fingerprint density at radius 3 is 2.45 bits per heavy atom. The second-order valence-electron chi connectivity index (χ2n) is 7.22. The molecule has 1 amide bonds. The molecular weight excluding hydrogens is 384 g/mol. The molecule has 0 atom stereocenters. The van der Waals surface area contributed by atoms with Gasteiger partial charge in [-0.25, -0.2) is 0 Å². The Morgan fingerprint density at radius 1 is 0.968 bits per heavy atom. The van der Waals surface area contributed by atoms with Crippen LogP contribution < -0.4 is 10.1 Å². The van der Waals surface area contributed by atoms with Crippen LogP contribution >= 0.6 is 0 Å². The number of nitrogens with one attached hydrogen (secondary N) is 1. The fraction of sp³-hybridized carbons (Fsp3) is 0.185. The number of unbranched alkanes of at least 4 members (excludes halogenated alkanes) is 1. The minimum Gasteiger partial charge on any atom is -0.497 e. The number of methoxy groups -OCH3 is 1. The molecule has 0 fully saturated rings. The van der Waals surface area contributed by atoms with Gasteiger partial charge in [-0.1, -0.05) is 42.5 Å². The molecule has 156 valence electrons. The van der Waals surface area contributed by atoms with Crippen LogP contribution in [0.3, 0.4) is 0 Å². The number of nitrogens with zero attached hydrogens (tertiary/aromatic N) is 1. The number of aryl methyl sites for hydroxylation is 1. The van der Waals surface area contributed by atoms with Gasteiger partial charge in [0.1, 0.15) is 5.75 Å². The van der Waals surface area contributed by atoms with Crippen molar-refractivity contribution in [3.63, 3.8) is 0 Å². The van der Waals surface area contributed by atoms with Crippen LogP contribution in [0.25, 0.3) is 11.6 Å². The maximum atomic E-state index is 12.5. The fourth-order valence-electron chi connectivity index (χ4n) is 3.29. The molecule has 4 heteroatoms. The molecule has 0 radical (unpaired) electrons. The summed E-state index contributed by atoms with van der Waals surface area (Å²) in [4.78, 5) is 12.5. The first-order chi connectivity index (χ1) is 15.2. The van der Waals surface area contributed by atoms with Gasteiger partial charge in [0.15, 0.2) is 0 Å². The fourth-order valence-corrected chi connectivity index (χ4v) is 3.29. The normalized spacial score (nSPS) is 10.9. The summed E-state index contributed by atoms with van der Waals surface area (Å²) in [5.41, 5.74) is 4.05. The molecule has 1 N–H and O–H groups in total. The SMILES string of the molecule is COc1ccc(C(C#N)=Cc2cccc(C(=O)NCCCCc3ccccc3)c2)cc1. The van der Waals surface area contributed by atoms with Crippen molar-refractivity contribution in [2.45, 2.75) is 19.3 Å². The van der Waals surface area contributed by atoms with Crippen LogP contribution in [0.15, 0.2) is 78.9 Å². The van der Waals surface area contributed by atoms with E-state index < -0.39 is 0 Å². The Morgan fingerprint density at radius 2 is 1.74 bits per heavy atom. The van der Waals surface area contributed by atoms with Gasteiger partial charge in [-0.3, -0.25) is 4.79 Å². The largest absolute Gasteiger partial charge is 0.497 e. The molecule has 0 aliphatic heterocycles.